The molecule has 3 aromatic carbocycles. The fourth-order valence-corrected chi connectivity index (χ4v) is 4.44. The molecule has 0 atom stereocenters. The topological polar surface area (TPSA) is 97.3 Å². The summed E-state index contributed by atoms with van der Waals surface area (Å²) in [6.45, 7) is 0.597. The summed E-state index contributed by atoms with van der Waals surface area (Å²) in [6.07, 6.45) is -2.79. The summed E-state index contributed by atoms with van der Waals surface area (Å²) in [5, 5.41) is 8.60. The van der Waals surface area contributed by atoms with Crippen LogP contribution in [0.15, 0.2) is 42.5 Å². The molecule has 8 nitrogen and oxygen atoms in total. The molecule has 3 N–H and O–H groups in total. The summed E-state index contributed by atoms with van der Waals surface area (Å²) in [5.74, 6) is -1.48. The summed E-state index contributed by atoms with van der Waals surface area (Å²) < 4.78 is 46.3. The van der Waals surface area contributed by atoms with Crippen molar-refractivity contribution in [2.75, 3.05) is 17.2 Å². The predicted molar refractivity (Wildman–Crippen MR) is 149 cm³/mol. The van der Waals surface area contributed by atoms with Crippen molar-refractivity contribution >= 4 is 75.0 Å². The quantitative estimate of drug-likeness (QED) is 0.190. The molecule has 4 rings (SSSR count). The Morgan fingerprint density at radius 2 is 1.82 bits per heavy atom. The second kappa shape index (κ2) is 12.2. The van der Waals surface area contributed by atoms with Gasteiger partial charge in [0.05, 0.1) is 37.4 Å². The summed E-state index contributed by atoms with van der Waals surface area (Å²) in [5.41, 5.74) is 1.78. The van der Waals surface area contributed by atoms with Crippen molar-refractivity contribution in [3.05, 3.63) is 74.5 Å². The third kappa shape index (κ3) is 6.55. The van der Waals surface area contributed by atoms with Gasteiger partial charge in [0.25, 0.3) is 12.3 Å². The Hall–Kier alpha value is -3.67. The normalized spacial score (nSPS) is 11.1. The van der Waals surface area contributed by atoms with Gasteiger partial charge < -0.3 is 25.3 Å². The number of halogens is 6. The van der Waals surface area contributed by atoms with E-state index in [-0.39, 0.29) is 50.5 Å². The van der Waals surface area contributed by atoms with Gasteiger partial charge in [0.15, 0.2) is 0 Å². The van der Waals surface area contributed by atoms with Gasteiger partial charge in [0, 0.05) is 32.3 Å². The lowest BCUT2D eigenvalue weighted by Crippen LogP contribution is -2.19. The molecule has 0 aliphatic rings. The Morgan fingerprint density at radius 1 is 1.07 bits per heavy atom. The van der Waals surface area contributed by atoms with Crippen LogP contribution in [-0.2, 0) is 18.4 Å². The standard InChI is InChI=1S/C26H21Cl3F3N5O3/c1-12(38)33-10-13-3-5-16(27)24(23(13)29)36-26-35-19-8-15(21(40-11-22(31)32)9-20(19)37(26)2)25(39)34-14-4-6-18(30)17(28)7-14/h3-9,22H,10-11H2,1-2H3,(H,33,38)(H,34,39)(H,35,36). The molecule has 40 heavy (non-hydrogen) atoms. The Balaban J connectivity index is 1.72. The number of hydrogen-bond acceptors (Lipinski definition) is 5. The molecule has 2 amide bonds. The first-order valence-electron chi connectivity index (χ1n) is 11.6. The number of benzene rings is 3. The van der Waals surface area contributed by atoms with E-state index in [2.05, 4.69) is 20.9 Å². The average molecular weight is 615 g/mol. The number of nitrogens with one attached hydrogen (secondary N) is 3. The third-order valence-electron chi connectivity index (χ3n) is 5.70. The van der Waals surface area contributed by atoms with E-state index in [4.69, 9.17) is 39.5 Å². The molecule has 0 spiro atoms. The van der Waals surface area contributed by atoms with Crippen molar-refractivity contribution in [2.24, 2.45) is 7.05 Å². The molecule has 0 aliphatic carbocycles. The molecule has 0 radical (unpaired) electrons. The number of nitrogens with zero attached hydrogens (tertiary/aromatic N) is 2. The first kappa shape index (κ1) is 29.3. The van der Waals surface area contributed by atoms with Gasteiger partial charge in [0.2, 0.25) is 11.9 Å². The highest BCUT2D eigenvalue weighted by atomic mass is 35.5. The van der Waals surface area contributed by atoms with Gasteiger partial charge in [-0.25, -0.2) is 18.2 Å². The summed E-state index contributed by atoms with van der Waals surface area (Å²) in [4.78, 5) is 28.9. The van der Waals surface area contributed by atoms with E-state index in [1.165, 1.54) is 31.2 Å². The summed E-state index contributed by atoms with van der Waals surface area (Å²) >= 11 is 18.7. The maximum atomic E-state index is 13.5. The van der Waals surface area contributed by atoms with Crippen LogP contribution in [0, 0.1) is 5.82 Å². The van der Waals surface area contributed by atoms with Crippen molar-refractivity contribution in [1.29, 1.82) is 0 Å². The number of carbonyl (C=O) groups is 2. The zero-order valence-corrected chi connectivity index (χ0v) is 23.2. The lowest BCUT2D eigenvalue weighted by molar-refractivity contribution is -0.119. The van der Waals surface area contributed by atoms with Crippen molar-refractivity contribution in [2.45, 2.75) is 19.9 Å². The molecule has 0 fully saturated rings. The Labute approximate surface area is 241 Å². The minimum absolute atomic E-state index is 0.0911. The smallest absolute Gasteiger partial charge is 0.272 e. The number of aromatic nitrogens is 2. The van der Waals surface area contributed by atoms with Crippen LogP contribution in [0.3, 0.4) is 0 Å². The van der Waals surface area contributed by atoms with Crippen molar-refractivity contribution in [3.8, 4) is 5.75 Å². The Kier molecular flexibility index (Phi) is 8.97. The van der Waals surface area contributed by atoms with Gasteiger partial charge in [0.1, 0.15) is 18.2 Å². The maximum Gasteiger partial charge on any atom is 0.272 e. The van der Waals surface area contributed by atoms with E-state index in [9.17, 15) is 22.8 Å². The zero-order valence-electron chi connectivity index (χ0n) is 20.9. The van der Waals surface area contributed by atoms with E-state index >= 15 is 0 Å². The number of imidazole rings is 1. The zero-order chi connectivity index (χ0) is 29.1. The van der Waals surface area contributed by atoms with Crippen LogP contribution < -0.4 is 20.7 Å². The predicted octanol–water partition coefficient (Wildman–Crippen LogP) is 6.95. The van der Waals surface area contributed by atoms with E-state index in [1.54, 1.807) is 23.7 Å². The van der Waals surface area contributed by atoms with Crippen LogP contribution in [-0.4, -0.2) is 34.4 Å². The molecule has 0 aliphatic heterocycles. The fraction of sp³-hybridized carbons (Fsp3) is 0.192. The van der Waals surface area contributed by atoms with Crippen molar-refractivity contribution < 1.29 is 27.5 Å². The number of hydrogen-bond donors (Lipinski definition) is 3. The molecule has 1 aromatic heterocycles. The van der Waals surface area contributed by atoms with Crippen LogP contribution >= 0.6 is 34.8 Å². The molecule has 4 aromatic rings. The largest absolute Gasteiger partial charge is 0.487 e. The van der Waals surface area contributed by atoms with E-state index in [0.29, 0.717) is 22.3 Å². The number of fused-ring (bicyclic) bond motifs is 1. The van der Waals surface area contributed by atoms with Crippen LogP contribution in [0.2, 0.25) is 15.1 Å². The monoisotopic (exact) mass is 613 g/mol. The maximum absolute atomic E-state index is 13.5. The van der Waals surface area contributed by atoms with E-state index in [0.717, 1.165) is 6.07 Å². The molecular weight excluding hydrogens is 594 g/mol. The highest BCUT2D eigenvalue weighted by molar-refractivity contribution is 6.39. The number of anilines is 3. The number of alkyl halides is 2. The molecule has 0 saturated carbocycles. The number of rotatable bonds is 9. The SMILES string of the molecule is CC(=O)NCc1ccc(Cl)c(Nc2nc3cc(C(=O)Nc4ccc(F)c(Cl)c4)c(OCC(F)F)cc3n2C)c1Cl. The molecule has 14 heteroatoms. The van der Waals surface area contributed by atoms with Crippen LogP contribution in [0.4, 0.5) is 30.5 Å². The average Bonchev–Trinajstić information content (AvgIpc) is 3.20. The summed E-state index contributed by atoms with van der Waals surface area (Å²) in [7, 11) is 1.65. The number of amides is 2. The lowest BCUT2D eigenvalue weighted by atomic mass is 10.1. The van der Waals surface area contributed by atoms with Gasteiger partial charge in [-0.3, -0.25) is 9.59 Å². The first-order valence-corrected chi connectivity index (χ1v) is 12.7. The number of ether oxygens (including phenoxy) is 1. The highest BCUT2D eigenvalue weighted by Gasteiger charge is 2.21. The van der Waals surface area contributed by atoms with Gasteiger partial charge in [-0.2, -0.15) is 0 Å². The van der Waals surface area contributed by atoms with Crippen molar-refractivity contribution in [1.82, 2.24) is 14.9 Å². The van der Waals surface area contributed by atoms with Crippen LogP contribution in [0.25, 0.3) is 11.0 Å². The minimum atomic E-state index is -2.79. The number of aryl methyl sites for hydroxylation is 1. The van der Waals surface area contributed by atoms with Gasteiger partial charge >= 0.3 is 0 Å². The lowest BCUT2D eigenvalue weighted by Gasteiger charge is -2.14. The Morgan fingerprint density at radius 3 is 2.50 bits per heavy atom. The first-order chi connectivity index (χ1) is 18.9. The summed E-state index contributed by atoms with van der Waals surface area (Å²) in [6, 6.07) is 9.64. The Bertz CT molecular complexity index is 1610. The van der Waals surface area contributed by atoms with E-state index < -0.39 is 24.8 Å². The van der Waals surface area contributed by atoms with Gasteiger partial charge in [-0.05, 0) is 35.9 Å². The van der Waals surface area contributed by atoms with Crippen LogP contribution in [0.1, 0.15) is 22.8 Å². The van der Waals surface area contributed by atoms with Crippen LogP contribution in [0.5, 0.6) is 5.75 Å². The molecule has 0 unspecified atom stereocenters. The highest BCUT2D eigenvalue weighted by Crippen LogP contribution is 2.37. The second-order valence-corrected chi connectivity index (χ2v) is 9.74. The molecular formula is C26H21Cl3F3N5O3. The molecule has 0 saturated heterocycles. The van der Waals surface area contributed by atoms with E-state index in [1.807, 2.05) is 0 Å². The number of carbonyl (C=O) groups excluding carboxylic acids is 2. The van der Waals surface area contributed by atoms with Crippen molar-refractivity contribution in [3.63, 3.8) is 0 Å². The second-order valence-electron chi connectivity index (χ2n) is 8.55. The molecule has 1 heterocycles. The fourth-order valence-electron chi connectivity index (χ4n) is 3.73. The molecule has 210 valence electrons. The molecule has 0 bridgehead atoms. The van der Waals surface area contributed by atoms with Gasteiger partial charge in [-0.15, -0.1) is 0 Å². The van der Waals surface area contributed by atoms with Gasteiger partial charge in [-0.1, -0.05) is 40.9 Å². The third-order valence-corrected chi connectivity index (χ3v) is 6.74. The minimum Gasteiger partial charge on any atom is -0.487 e.